The summed E-state index contributed by atoms with van der Waals surface area (Å²) >= 11 is 0. The zero-order valence-corrected chi connectivity index (χ0v) is 12.6. The molecule has 0 spiro atoms. The summed E-state index contributed by atoms with van der Waals surface area (Å²) in [6.07, 6.45) is 2.26. The molecule has 1 N–H and O–H groups in total. The van der Waals surface area contributed by atoms with Crippen molar-refractivity contribution >= 4 is 0 Å². The Morgan fingerprint density at radius 1 is 1.18 bits per heavy atom. The van der Waals surface area contributed by atoms with Gasteiger partial charge in [0.15, 0.2) is 0 Å². The van der Waals surface area contributed by atoms with Gasteiger partial charge in [-0.05, 0) is 55.8 Å². The van der Waals surface area contributed by atoms with Gasteiger partial charge in [0.05, 0.1) is 12.3 Å². The second kappa shape index (κ2) is 6.99. The number of likely N-dealkylation sites (tertiary alicyclic amines) is 1. The van der Waals surface area contributed by atoms with Crippen molar-refractivity contribution < 1.29 is 9.50 Å². The quantitative estimate of drug-likeness (QED) is 0.943. The van der Waals surface area contributed by atoms with Gasteiger partial charge < -0.3 is 10.0 Å². The van der Waals surface area contributed by atoms with Crippen LogP contribution in [0.1, 0.15) is 24.5 Å². The number of aliphatic hydroxyl groups is 1. The third kappa shape index (κ3) is 3.51. The fraction of sp³-hybridized carbons (Fsp3) is 0.389. The van der Waals surface area contributed by atoms with E-state index in [-0.39, 0.29) is 12.4 Å². The van der Waals surface area contributed by atoms with Gasteiger partial charge in [-0.3, -0.25) is 4.98 Å². The van der Waals surface area contributed by atoms with Crippen LogP contribution in [-0.4, -0.2) is 41.2 Å². The van der Waals surface area contributed by atoms with Gasteiger partial charge in [-0.15, -0.1) is 0 Å². The Hall–Kier alpha value is -1.78. The molecule has 0 amide bonds. The highest BCUT2D eigenvalue weighted by molar-refractivity contribution is 5.59. The fourth-order valence-corrected chi connectivity index (χ4v) is 3.10. The molecular weight excluding hydrogens is 279 g/mol. The number of nitrogens with zero attached hydrogens (tertiary/aromatic N) is 2. The van der Waals surface area contributed by atoms with E-state index in [0.29, 0.717) is 5.92 Å². The summed E-state index contributed by atoms with van der Waals surface area (Å²) in [6.45, 7) is 2.93. The van der Waals surface area contributed by atoms with Crippen molar-refractivity contribution in [1.82, 2.24) is 9.88 Å². The molecule has 4 heteroatoms. The number of halogens is 1. The lowest BCUT2D eigenvalue weighted by Gasteiger charge is -2.32. The average Bonchev–Trinajstić information content (AvgIpc) is 2.56. The molecule has 1 saturated heterocycles. The molecule has 0 saturated carbocycles. The molecule has 2 heterocycles. The first-order valence-corrected chi connectivity index (χ1v) is 7.82. The highest BCUT2D eigenvalue weighted by atomic mass is 19.1. The van der Waals surface area contributed by atoms with E-state index >= 15 is 0 Å². The molecule has 0 bridgehead atoms. The maximum Gasteiger partial charge on any atom is 0.123 e. The molecule has 1 fully saturated rings. The standard InChI is InChI=1S/C18H21FN2O/c19-16-8-6-14(7-9-16)17-4-1-5-18(20-17)15-3-2-10-21(13-15)11-12-22/h1,4-9,15,22H,2-3,10-13H2/t15-/m0/s1. The molecule has 1 aromatic carbocycles. The van der Waals surface area contributed by atoms with Gasteiger partial charge in [-0.2, -0.15) is 0 Å². The van der Waals surface area contributed by atoms with Gasteiger partial charge >= 0.3 is 0 Å². The Balaban J connectivity index is 1.80. The Kier molecular flexibility index (Phi) is 4.80. The van der Waals surface area contributed by atoms with Gasteiger partial charge in [0.25, 0.3) is 0 Å². The van der Waals surface area contributed by atoms with E-state index in [9.17, 15) is 4.39 Å². The Morgan fingerprint density at radius 2 is 2.00 bits per heavy atom. The molecule has 1 atom stereocenters. The SMILES string of the molecule is OCCN1CCC[C@H](c2cccc(-c3ccc(F)cc3)n2)C1. The number of hydrogen-bond donors (Lipinski definition) is 1. The summed E-state index contributed by atoms with van der Waals surface area (Å²) in [5.74, 6) is 0.174. The molecule has 0 aliphatic carbocycles. The lowest BCUT2D eigenvalue weighted by atomic mass is 9.94. The third-order valence-corrected chi connectivity index (χ3v) is 4.25. The van der Waals surface area contributed by atoms with Crippen molar-refractivity contribution in [2.45, 2.75) is 18.8 Å². The summed E-state index contributed by atoms with van der Waals surface area (Å²) in [7, 11) is 0. The molecule has 3 nitrogen and oxygen atoms in total. The zero-order chi connectivity index (χ0) is 15.4. The van der Waals surface area contributed by atoms with E-state index < -0.39 is 0 Å². The fourth-order valence-electron chi connectivity index (χ4n) is 3.10. The van der Waals surface area contributed by atoms with Crippen molar-refractivity contribution in [3.05, 3.63) is 54.0 Å². The second-order valence-electron chi connectivity index (χ2n) is 5.82. The number of hydrogen-bond acceptors (Lipinski definition) is 3. The van der Waals surface area contributed by atoms with Crippen LogP contribution in [0, 0.1) is 5.82 Å². The summed E-state index contributed by atoms with van der Waals surface area (Å²) < 4.78 is 13.0. The van der Waals surface area contributed by atoms with Crippen molar-refractivity contribution in [3.8, 4) is 11.3 Å². The Bertz CT molecular complexity index is 613. The number of β-amino-alcohol motifs (C(OH)–C–C–N with tert-alkyl or cyclic N) is 1. The Morgan fingerprint density at radius 3 is 2.77 bits per heavy atom. The second-order valence-corrected chi connectivity index (χ2v) is 5.82. The summed E-state index contributed by atoms with van der Waals surface area (Å²) in [6, 6.07) is 12.5. The number of benzene rings is 1. The van der Waals surface area contributed by atoms with Crippen LogP contribution in [0.4, 0.5) is 4.39 Å². The minimum absolute atomic E-state index is 0.204. The van der Waals surface area contributed by atoms with E-state index in [4.69, 9.17) is 10.1 Å². The molecule has 116 valence electrons. The zero-order valence-electron chi connectivity index (χ0n) is 12.6. The first-order chi connectivity index (χ1) is 10.8. The van der Waals surface area contributed by atoms with Crippen LogP contribution in [-0.2, 0) is 0 Å². The van der Waals surface area contributed by atoms with Crippen LogP contribution in [0.3, 0.4) is 0 Å². The van der Waals surface area contributed by atoms with E-state index in [0.717, 1.165) is 49.4 Å². The predicted molar refractivity (Wildman–Crippen MR) is 85.1 cm³/mol. The molecule has 0 radical (unpaired) electrons. The molecule has 1 aliphatic rings. The van der Waals surface area contributed by atoms with E-state index in [1.807, 2.05) is 12.1 Å². The van der Waals surface area contributed by atoms with Gasteiger partial charge in [-0.25, -0.2) is 4.39 Å². The predicted octanol–water partition coefficient (Wildman–Crippen LogP) is 3.06. The van der Waals surface area contributed by atoms with Gasteiger partial charge in [0, 0.05) is 30.3 Å². The van der Waals surface area contributed by atoms with Crippen molar-refractivity contribution in [1.29, 1.82) is 0 Å². The average molecular weight is 300 g/mol. The first kappa shape index (κ1) is 15.1. The largest absolute Gasteiger partial charge is 0.395 e. The molecule has 3 rings (SSSR count). The van der Waals surface area contributed by atoms with Crippen molar-refractivity contribution in [2.24, 2.45) is 0 Å². The van der Waals surface area contributed by atoms with Crippen LogP contribution in [0.15, 0.2) is 42.5 Å². The summed E-state index contributed by atoms with van der Waals surface area (Å²) in [5.41, 5.74) is 2.91. The van der Waals surface area contributed by atoms with Gasteiger partial charge in [-0.1, -0.05) is 6.07 Å². The van der Waals surface area contributed by atoms with Crippen LogP contribution in [0.25, 0.3) is 11.3 Å². The highest BCUT2D eigenvalue weighted by Gasteiger charge is 2.22. The molecular formula is C18H21FN2O. The molecule has 1 aromatic heterocycles. The van der Waals surface area contributed by atoms with Crippen LogP contribution >= 0.6 is 0 Å². The van der Waals surface area contributed by atoms with Crippen LogP contribution in [0.2, 0.25) is 0 Å². The number of rotatable bonds is 4. The van der Waals surface area contributed by atoms with E-state index in [1.165, 1.54) is 12.1 Å². The molecule has 22 heavy (non-hydrogen) atoms. The number of pyridine rings is 1. The van der Waals surface area contributed by atoms with Crippen LogP contribution in [0.5, 0.6) is 0 Å². The van der Waals surface area contributed by atoms with E-state index in [1.54, 1.807) is 12.1 Å². The Labute approximate surface area is 130 Å². The maximum absolute atomic E-state index is 13.0. The highest BCUT2D eigenvalue weighted by Crippen LogP contribution is 2.27. The summed E-state index contributed by atoms with van der Waals surface area (Å²) in [4.78, 5) is 7.07. The molecule has 2 aromatic rings. The monoisotopic (exact) mass is 300 g/mol. The third-order valence-electron chi connectivity index (χ3n) is 4.25. The molecule has 0 unspecified atom stereocenters. The number of piperidine rings is 1. The van der Waals surface area contributed by atoms with Gasteiger partial charge in [0.2, 0.25) is 0 Å². The topological polar surface area (TPSA) is 36.4 Å². The van der Waals surface area contributed by atoms with Crippen LogP contribution < -0.4 is 0 Å². The van der Waals surface area contributed by atoms with E-state index in [2.05, 4.69) is 11.0 Å². The van der Waals surface area contributed by atoms with Crippen molar-refractivity contribution in [3.63, 3.8) is 0 Å². The number of aromatic nitrogens is 1. The smallest absolute Gasteiger partial charge is 0.123 e. The minimum Gasteiger partial charge on any atom is -0.395 e. The lowest BCUT2D eigenvalue weighted by Crippen LogP contribution is -2.36. The van der Waals surface area contributed by atoms with Gasteiger partial charge in [0.1, 0.15) is 5.82 Å². The first-order valence-electron chi connectivity index (χ1n) is 7.82. The van der Waals surface area contributed by atoms with Crippen molar-refractivity contribution in [2.75, 3.05) is 26.2 Å². The normalized spacial score (nSPS) is 19.3. The number of aliphatic hydroxyl groups excluding tert-OH is 1. The lowest BCUT2D eigenvalue weighted by molar-refractivity contribution is 0.160. The summed E-state index contributed by atoms with van der Waals surface area (Å²) in [5, 5.41) is 9.10. The minimum atomic E-state index is -0.230. The molecule has 1 aliphatic heterocycles. The maximum atomic E-state index is 13.0.